The Labute approximate surface area is 216 Å². The first-order valence-electron chi connectivity index (χ1n) is 12.6. The molecule has 0 aromatic heterocycles. The normalized spacial score (nSPS) is 17.2. The van der Waals surface area contributed by atoms with Crippen LogP contribution in [0.4, 0.5) is 14.5 Å². The van der Waals surface area contributed by atoms with Gasteiger partial charge in [-0.2, -0.15) is 4.58 Å². The number of carbonyl (C=O) groups excluding carboxylic acids is 2. The lowest BCUT2D eigenvalue weighted by atomic mass is 9.93. The van der Waals surface area contributed by atoms with Gasteiger partial charge in [-0.3, -0.25) is 14.5 Å². The van der Waals surface area contributed by atoms with Crippen molar-refractivity contribution in [3.05, 3.63) is 63.7 Å². The average Bonchev–Trinajstić information content (AvgIpc) is 3.18. The second-order valence-electron chi connectivity index (χ2n) is 9.83. The molecule has 2 heterocycles. The third-order valence-corrected chi connectivity index (χ3v) is 7.52. The van der Waals surface area contributed by atoms with Crippen LogP contribution in [0.5, 0.6) is 0 Å². The number of likely N-dealkylation sites (tertiary alicyclic amines) is 1. The van der Waals surface area contributed by atoms with Crippen LogP contribution < -0.4 is 5.32 Å². The Morgan fingerprint density at radius 3 is 2.61 bits per heavy atom. The molecule has 1 unspecified atom stereocenters. The minimum atomic E-state index is -2.62. The first-order chi connectivity index (χ1) is 17.2. The van der Waals surface area contributed by atoms with Gasteiger partial charge < -0.3 is 5.32 Å². The largest absolute Gasteiger partial charge is 0.351 e. The van der Waals surface area contributed by atoms with Crippen LogP contribution in [0.1, 0.15) is 64.4 Å². The number of nitrogens with one attached hydrogen (secondary N) is 1. The van der Waals surface area contributed by atoms with E-state index in [2.05, 4.69) is 23.0 Å². The van der Waals surface area contributed by atoms with Crippen molar-refractivity contribution in [2.24, 2.45) is 5.92 Å². The van der Waals surface area contributed by atoms with Gasteiger partial charge in [0.25, 0.3) is 11.8 Å². The van der Waals surface area contributed by atoms with Gasteiger partial charge in [0.1, 0.15) is 5.56 Å². The highest BCUT2D eigenvalue weighted by Gasteiger charge is 2.37. The van der Waals surface area contributed by atoms with Crippen molar-refractivity contribution in [2.45, 2.75) is 45.5 Å². The van der Waals surface area contributed by atoms with Gasteiger partial charge in [0.05, 0.1) is 6.54 Å². The molecule has 0 aliphatic carbocycles. The lowest BCUT2D eigenvalue weighted by molar-refractivity contribution is -0.456. The lowest BCUT2D eigenvalue weighted by Gasteiger charge is -2.21. The molecule has 36 heavy (non-hydrogen) atoms. The number of ketones is 1. The van der Waals surface area contributed by atoms with Gasteiger partial charge in [-0.15, -0.1) is 0 Å². The summed E-state index contributed by atoms with van der Waals surface area (Å²) < 4.78 is 28.8. The quantitative estimate of drug-likeness (QED) is 0.317. The Kier molecular flexibility index (Phi) is 8.20. The first kappa shape index (κ1) is 26.4. The van der Waals surface area contributed by atoms with E-state index in [1.165, 1.54) is 0 Å². The maximum Gasteiger partial charge on any atom is 0.261 e. The molecule has 1 fully saturated rings. The van der Waals surface area contributed by atoms with Gasteiger partial charge >= 0.3 is 0 Å². The van der Waals surface area contributed by atoms with Gasteiger partial charge in [-0.05, 0) is 55.7 Å². The van der Waals surface area contributed by atoms with Gasteiger partial charge in [0, 0.05) is 60.6 Å². The molecule has 0 saturated carbocycles. The van der Waals surface area contributed by atoms with Crippen molar-refractivity contribution in [2.75, 3.05) is 32.7 Å². The number of nitrogens with zero attached hydrogens (tertiary/aromatic N) is 2. The van der Waals surface area contributed by atoms with E-state index in [0.717, 1.165) is 36.2 Å². The molecule has 2 aromatic rings. The zero-order valence-corrected chi connectivity index (χ0v) is 21.6. The van der Waals surface area contributed by atoms with Crippen molar-refractivity contribution in [3.63, 3.8) is 0 Å². The number of alkyl halides is 2. The Morgan fingerprint density at radius 1 is 1.19 bits per heavy atom. The minimum Gasteiger partial charge on any atom is -0.351 e. The predicted octanol–water partition coefficient (Wildman–Crippen LogP) is 5.49. The summed E-state index contributed by atoms with van der Waals surface area (Å²) in [7, 11) is 0. The molecule has 4 rings (SSSR count). The van der Waals surface area contributed by atoms with Crippen molar-refractivity contribution in [1.29, 1.82) is 0 Å². The number of Topliss-reactive ketones (excluding diaryl/α,β-unsaturated/α-hetero) is 1. The number of hydrogen-bond donors (Lipinski definition) is 1. The Balaban J connectivity index is 1.28. The molecule has 0 radical (unpaired) electrons. The topological polar surface area (TPSA) is 52.4 Å². The summed E-state index contributed by atoms with van der Waals surface area (Å²) >= 11 is 5.91. The molecule has 2 aliphatic rings. The van der Waals surface area contributed by atoms with E-state index < -0.39 is 5.92 Å². The summed E-state index contributed by atoms with van der Waals surface area (Å²) in [5, 5.41) is 3.49. The van der Waals surface area contributed by atoms with Crippen molar-refractivity contribution in [1.82, 2.24) is 10.2 Å². The van der Waals surface area contributed by atoms with Crippen LogP contribution in [0.25, 0.3) is 0 Å². The number of halogens is 3. The molecule has 1 amide bonds. The van der Waals surface area contributed by atoms with Crippen LogP contribution in [-0.4, -0.2) is 66.0 Å². The molecule has 192 valence electrons. The van der Waals surface area contributed by atoms with Gasteiger partial charge in [0.2, 0.25) is 5.69 Å². The SMILES string of the molecule is CCC(CCC(=O)c1ccc(Cl)cc1)C[N+]1=Cc2c1ccc(C(=O)NCCN1CCC(F)(F)C1)c2C. The van der Waals surface area contributed by atoms with E-state index in [1.54, 1.807) is 29.2 Å². The Bertz CT molecular complexity index is 1160. The number of benzene rings is 2. The molecule has 0 bridgehead atoms. The molecule has 2 aliphatic heterocycles. The third kappa shape index (κ3) is 6.19. The maximum atomic E-state index is 13.3. The standard InChI is InChI=1S/C28H32ClF2N3O2/c1-3-20(4-11-26(35)21-5-7-22(29)8-6-21)16-34-17-24-19(2)23(9-10-25(24)34)27(36)32-13-15-33-14-12-28(30,31)18-33/h5-10,17,20H,3-4,11-16,18H2,1-2H3/p+1. The summed E-state index contributed by atoms with van der Waals surface area (Å²) in [6.07, 6.45) is 4.22. The van der Waals surface area contributed by atoms with Crippen LogP contribution in [-0.2, 0) is 0 Å². The van der Waals surface area contributed by atoms with Gasteiger partial charge in [-0.25, -0.2) is 8.78 Å². The lowest BCUT2D eigenvalue weighted by Crippen LogP contribution is -2.35. The molecular formula is C28H33ClF2N3O2+. The molecule has 1 saturated heterocycles. The molecular weight excluding hydrogens is 484 g/mol. The highest BCUT2D eigenvalue weighted by molar-refractivity contribution is 6.30. The maximum absolute atomic E-state index is 13.3. The average molecular weight is 517 g/mol. The minimum absolute atomic E-state index is 0.116. The second-order valence-corrected chi connectivity index (χ2v) is 10.3. The Morgan fingerprint density at radius 2 is 1.94 bits per heavy atom. The monoisotopic (exact) mass is 516 g/mol. The summed E-state index contributed by atoms with van der Waals surface area (Å²) in [4.78, 5) is 26.9. The smallest absolute Gasteiger partial charge is 0.261 e. The number of carbonyl (C=O) groups is 2. The molecule has 1 N–H and O–H groups in total. The summed E-state index contributed by atoms with van der Waals surface area (Å²) in [6, 6.07) is 10.8. The fourth-order valence-electron chi connectivity index (χ4n) is 4.92. The highest BCUT2D eigenvalue weighted by atomic mass is 35.5. The van der Waals surface area contributed by atoms with Crippen LogP contribution in [0.15, 0.2) is 36.4 Å². The van der Waals surface area contributed by atoms with Crippen LogP contribution in [0.3, 0.4) is 0 Å². The number of rotatable bonds is 11. The third-order valence-electron chi connectivity index (χ3n) is 7.27. The van der Waals surface area contributed by atoms with Crippen LogP contribution in [0.2, 0.25) is 5.02 Å². The summed E-state index contributed by atoms with van der Waals surface area (Å²) in [5.41, 5.74) is 4.35. The van der Waals surface area contributed by atoms with E-state index in [9.17, 15) is 18.4 Å². The van der Waals surface area contributed by atoms with E-state index in [0.29, 0.717) is 48.1 Å². The van der Waals surface area contributed by atoms with Gasteiger partial charge in [0.15, 0.2) is 18.5 Å². The first-order valence-corrected chi connectivity index (χ1v) is 13.0. The number of amides is 1. The fourth-order valence-corrected chi connectivity index (χ4v) is 5.05. The van der Waals surface area contributed by atoms with Crippen LogP contribution in [0, 0.1) is 12.8 Å². The van der Waals surface area contributed by atoms with Crippen LogP contribution >= 0.6 is 11.6 Å². The summed E-state index contributed by atoms with van der Waals surface area (Å²) in [6.45, 7) is 5.78. The highest BCUT2D eigenvalue weighted by Crippen LogP contribution is 2.32. The zero-order chi connectivity index (χ0) is 25.9. The summed E-state index contributed by atoms with van der Waals surface area (Å²) in [5.74, 6) is -2.30. The van der Waals surface area contributed by atoms with E-state index in [4.69, 9.17) is 11.6 Å². The van der Waals surface area contributed by atoms with E-state index in [-0.39, 0.29) is 24.7 Å². The molecule has 0 spiro atoms. The van der Waals surface area contributed by atoms with E-state index >= 15 is 0 Å². The fraction of sp³-hybridized carbons (Fsp3) is 0.464. The van der Waals surface area contributed by atoms with Crippen molar-refractivity contribution < 1.29 is 22.9 Å². The number of hydrogen-bond acceptors (Lipinski definition) is 3. The molecule has 5 nitrogen and oxygen atoms in total. The van der Waals surface area contributed by atoms with Gasteiger partial charge in [-0.1, -0.05) is 18.5 Å². The molecule has 1 atom stereocenters. The zero-order valence-electron chi connectivity index (χ0n) is 20.8. The van der Waals surface area contributed by atoms with Crippen molar-refractivity contribution >= 4 is 35.2 Å². The van der Waals surface area contributed by atoms with E-state index in [1.807, 2.05) is 19.1 Å². The van der Waals surface area contributed by atoms with Crippen molar-refractivity contribution in [3.8, 4) is 0 Å². The predicted molar refractivity (Wildman–Crippen MR) is 138 cm³/mol. The second kappa shape index (κ2) is 11.2. The Hall–Kier alpha value is -2.64. The molecule has 8 heteroatoms. The molecule has 2 aromatic carbocycles. The number of fused-ring (bicyclic) bond motifs is 1.